The third kappa shape index (κ3) is 5.32. The van der Waals surface area contributed by atoms with Gasteiger partial charge in [-0.25, -0.2) is 0 Å². The third-order valence-electron chi connectivity index (χ3n) is 3.08. The quantitative estimate of drug-likeness (QED) is 0.673. The maximum absolute atomic E-state index is 12.2. The highest BCUT2D eigenvalue weighted by atomic mass is 16.7. The molecule has 0 bridgehead atoms. The number of nitrogens with zero attached hydrogens (tertiary/aromatic N) is 1. The number of hydroxylamine groups is 2. The molecule has 19 heavy (non-hydrogen) atoms. The topological polar surface area (TPSA) is 46.6 Å². The van der Waals surface area contributed by atoms with Crippen molar-refractivity contribution in [1.82, 2.24) is 5.06 Å². The van der Waals surface area contributed by atoms with Gasteiger partial charge in [-0.15, -0.1) is 0 Å². The second-order valence-corrected chi connectivity index (χ2v) is 4.60. The minimum absolute atomic E-state index is 0.0121. The van der Waals surface area contributed by atoms with Gasteiger partial charge in [0.1, 0.15) is 11.8 Å². The maximum Gasteiger partial charge on any atom is 0.153 e. The average Bonchev–Trinajstić information content (AvgIpc) is 2.42. The summed E-state index contributed by atoms with van der Waals surface area (Å²) in [4.78, 5) is 28.4. The normalized spacial score (nSPS) is 12.4. The number of carbonyl (C=O) groups excluding carboxylic acids is 2. The summed E-state index contributed by atoms with van der Waals surface area (Å²) in [6.07, 6.45) is 1.29. The van der Waals surface area contributed by atoms with Gasteiger partial charge in [-0.2, -0.15) is 5.06 Å². The summed E-state index contributed by atoms with van der Waals surface area (Å²) in [6.45, 7) is 1.49. The summed E-state index contributed by atoms with van der Waals surface area (Å²) in [7, 11) is 3.17. The molecular weight excluding hydrogens is 242 g/mol. The van der Waals surface area contributed by atoms with E-state index < -0.39 is 6.04 Å². The number of aryl methyl sites for hydroxylation is 1. The van der Waals surface area contributed by atoms with E-state index in [0.29, 0.717) is 12.8 Å². The Labute approximate surface area is 114 Å². The summed E-state index contributed by atoms with van der Waals surface area (Å²) in [6, 6.07) is 9.34. The molecule has 1 unspecified atom stereocenters. The Morgan fingerprint density at radius 2 is 1.89 bits per heavy atom. The van der Waals surface area contributed by atoms with E-state index in [1.54, 1.807) is 7.05 Å². The predicted octanol–water partition coefficient (Wildman–Crippen LogP) is 2.03. The first kappa shape index (κ1) is 15.5. The molecule has 1 aromatic rings. The number of rotatable bonds is 8. The first-order chi connectivity index (χ1) is 9.04. The Morgan fingerprint density at radius 1 is 1.26 bits per heavy atom. The van der Waals surface area contributed by atoms with Crippen LogP contribution in [-0.4, -0.2) is 36.8 Å². The Hall–Kier alpha value is -1.52. The SMILES string of the molecule is CON(C)C(CC(C)=O)C(=O)CCc1ccccc1. The zero-order valence-electron chi connectivity index (χ0n) is 11.8. The second-order valence-electron chi connectivity index (χ2n) is 4.60. The molecule has 1 rings (SSSR count). The largest absolute Gasteiger partial charge is 0.302 e. The average molecular weight is 263 g/mol. The lowest BCUT2D eigenvalue weighted by molar-refractivity contribution is -0.162. The highest BCUT2D eigenvalue weighted by molar-refractivity contribution is 5.89. The van der Waals surface area contributed by atoms with E-state index in [1.165, 1.54) is 19.1 Å². The number of benzene rings is 1. The van der Waals surface area contributed by atoms with Crippen molar-refractivity contribution in [2.45, 2.75) is 32.2 Å². The van der Waals surface area contributed by atoms with Crippen molar-refractivity contribution in [1.29, 1.82) is 0 Å². The lowest BCUT2D eigenvalue weighted by Gasteiger charge is -2.23. The Bertz CT molecular complexity index is 417. The van der Waals surface area contributed by atoms with Crippen molar-refractivity contribution in [2.24, 2.45) is 0 Å². The smallest absolute Gasteiger partial charge is 0.153 e. The van der Waals surface area contributed by atoms with E-state index in [4.69, 9.17) is 4.84 Å². The molecule has 0 aliphatic carbocycles. The molecule has 0 saturated carbocycles. The van der Waals surface area contributed by atoms with Crippen molar-refractivity contribution < 1.29 is 14.4 Å². The standard InChI is InChI=1S/C15H21NO3/c1-12(17)11-14(16(2)19-3)15(18)10-9-13-7-5-4-6-8-13/h4-8,14H,9-11H2,1-3H3. The van der Waals surface area contributed by atoms with Crippen LogP contribution < -0.4 is 0 Å². The van der Waals surface area contributed by atoms with Crippen LogP contribution in [0.15, 0.2) is 30.3 Å². The van der Waals surface area contributed by atoms with Gasteiger partial charge in [-0.05, 0) is 18.9 Å². The molecule has 0 aliphatic rings. The van der Waals surface area contributed by atoms with Crippen LogP contribution in [0.4, 0.5) is 0 Å². The van der Waals surface area contributed by atoms with Crippen LogP contribution in [0.5, 0.6) is 0 Å². The molecule has 4 nitrogen and oxygen atoms in total. The molecule has 0 heterocycles. The molecule has 0 radical (unpaired) electrons. The predicted molar refractivity (Wildman–Crippen MR) is 73.6 cm³/mol. The van der Waals surface area contributed by atoms with Gasteiger partial charge >= 0.3 is 0 Å². The lowest BCUT2D eigenvalue weighted by atomic mass is 10.00. The fourth-order valence-corrected chi connectivity index (χ4v) is 1.92. The number of carbonyl (C=O) groups is 2. The molecule has 1 atom stereocenters. The Balaban J connectivity index is 2.59. The van der Waals surface area contributed by atoms with Gasteiger partial charge in [0.05, 0.1) is 7.11 Å². The van der Waals surface area contributed by atoms with E-state index in [-0.39, 0.29) is 18.0 Å². The highest BCUT2D eigenvalue weighted by Gasteiger charge is 2.24. The number of ketones is 2. The highest BCUT2D eigenvalue weighted by Crippen LogP contribution is 2.10. The van der Waals surface area contributed by atoms with E-state index in [2.05, 4.69) is 0 Å². The molecule has 0 N–H and O–H groups in total. The van der Waals surface area contributed by atoms with Crippen molar-refractivity contribution in [3.63, 3.8) is 0 Å². The minimum Gasteiger partial charge on any atom is -0.302 e. The zero-order chi connectivity index (χ0) is 14.3. The van der Waals surface area contributed by atoms with Gasteiger partial charge in [-0.1, -0.05) is 30.3 Å². The van der Waals surface area contributed by atoms with Gasteiger partial charge < -0.3 is 4.84 Å². The lowest BCUT2D eigenvalue weighted by Crippen LogP contribution is -2.39. The Kier molecular flexibility index (Phi) is 6.39. The fraction of sp³-hybridized carbons (Fsp3) is 0.467. The van der Waals surface area contributed by atoms with Crippen molar-refractivity contribution in [3.05, 3.63) is 35.9 Å². The van der Waals surface area contributed by atoms with Crippen LogP contribution in [-0.2, 0) is 20.8 Å². The number of Topliss-reactive ketones (excluding diaryl/α,β-unsaturated/α-hetero) is 2. The molecular formula is C15H21NO3. The number of likely N-dealkylation sites (N-methyl/N-ethyl adjacent to an activating group) is 1. The molecule has 0 aromatic heterocycles. The zero-order valence-corrected chi connectivity index (χ0v) is 11.8. The molecule has 0 fully saturated rings. The van der Waals surface area contributed by atoms with Crippen LogP contribution in [0.2, 0.25) is 0 Å². The third-order valence-corrected chi connectivity index (χ3v) is 3.08. The van der Waals surface area contributed by atoms with Gasteiger partial charge in [-0.3, -0.25) is 9.59 Å². The van der Waals surface area contributed by atoms with Crippen LogP contribution in [0.25, 0.3) is 0 Å². The summed E-state index contributed by atoms with van der Waals surface area (Å²) < 4.78 is 0. The van der Waals surface area contributed by atoms with Crippen LogP contribution in [0.1, 0.15) is 25.3 Å². The van der Waals surface area contributed by atoms with E-state index >= 15 is 0 Å². The summed E-state index contributed by atoms with van der Waals surface area (Å²) in [5.41, 5.74) is 1.12. The van der Waals surface area contributed by atoms with Crippen molar-refractivity contribution in [2.75, 3.05) is 14.2 Å². The minimum atomic E-state index is -0.494. The van der Waals surface area contributed by atoms with E-state index in [9.17, 15) is 9.59 Å². The number of hydrogen-bond donors (Lipinski definition) is 0. The molecule has 104 valence electrons. The fourth-order valence-electron chi connectivity index (χ4n) is 1.92. The summed E-state index contributed by atoms with van der Waals surface area (Å²) in [5.74, 6) is 0.0189. The van der Waals surface area contributed by atoms with Gasteiger partial charge in [0.25, 0.3) is 0 Å². The maximum atomic E-state index is 12.2. The molecule has 4 heteroatoms. The van der Waals surface area contributed by atoms with Crippen LogP contribution in [0, 0.1) is 0 Å². The van der Waals surface area contributed by atoms with Gasteiger partial charge in [0.15, 0.2) is 5.78 Å². The van der Waals surface area contributed by atoms with Crippen LogP contribution in [0.3, 0.4) is 0 Å². The van der Waals surface area contributed by atoms with Gasteiger partial charge in [0, 0.05) is 19.9 Å². The molecule has 0 aliphatic heterocycles. The van der Waals surface area contributed by atoms with E-state index in [1.807, 2.05) is 30.3 Å². The monoisotopic (exact) mass is 263 g/mol. The molecule has 1 aromatic carbocycles. The van der Waals surface area contributed by atoms with Crippen LogP contribution >= 0.6 is 0 Å². The second kappa shape index (κ2) is 7.81. The summed E-state index contributed by atoms with van der Waals surface area (Å²) >= 11 is 0. The van der Waals surface area contributed by atoms with E-state index in [0.717, 1.165) is 5.56 Å². The van der Waals surface area contributed by atoms with Gasteiger partial charge in [0.2, 0.25) is 0 Å². The molecule has 0 saturated heterocycles. The number of hydrogen-bond acceptors (Lipinski definition) is 4. The van der Waals surface area contributed by atoms with Crippen molar-refractivity contribution in [3.8, 4) is 0 Å². The summed E-state index contributed by atoms with van der Waals surface area (Å²) in [5, 5.41) is 1.45. The van der Waals surface area contributed by atoms with Crippen molar-refractivity contribution >= 4 is 11.6 Å². The molecule has 0 amide bonds. The first-order valence-corrected chi connectivity index (χ1v) is 6.37. The molecule has 0 spiro atoms. The Morgan fingerprint density at radius 3 is 2.42 bits per heavy atom. The first-order valence-electron chi connectivity index (χ1n) is 6.37.